The standard InChI is InChI=1S/C20H23FN2O2/c1-20(2,3)15-8-6-14(7-9-15)19(25)23-17(18(22)24)12-13-4-10-16(21)11-5-13/h4-11,17H,12H2,1-3H3,(H2,22,24)(H,23,25)/t17-/m1/s1. The molecule has 2 aromatic rings. The summed E-state index contributed by atoms with van der Waals surface area (Å²) in [6.07, 6.45) is 0.210. The van der Waals surface area contributed by atoms with Gasteiger partial charge < -0.3 is 11.1 Å². The third-order valence-corrected chi connectivity index (χ3v) is 4.01. The van der Waals surface area contributed by atoms with E-state index in [-0.39, 0.29) is 23.6 Å². The molecule has 3 N–H and O–H groups in total. The highest BCUT2D eigenvalue weighted by Crippen LogP contribution is 2.22. The maximum atomic E-state index is 13.0. The molecule has 132 valence electrons. The monoisotopic (exact) mass is 342 g/mol. The fraction of sp³-hybridized carbons (Fsp3) is 0.300. The number of carbonyl (C=O) groups is 2. The lowest BCUT2D eigenvalue weighted by molar-refractivity contribution is -0.119. The largest absolute Gasteiger partial charge is 0.368 e. The Morgan fingerprint density at radius 2 is 1.60 bits per heavy atom. The SMILES string of the molecule is CC(C)(C)c1ccc(C(=O)N[C@H](Cc2ccc(F)cc2)C(N)=O)cc1. The highest BCUT2D eigenvalue weighted by atomic mass is 19.1. The lowest BCUT2D eigenvalue weighted by atomic mass is 9.86. The fourth-order valence-electron chi connectivity index (χ4n) is 2.44. The molecule has 0 saturated carbocycles. The number of benzene rings is 2. The second-order valence-corrected chi connectivity index (χ2v) is 7.09. The van der Waals surface area contributed by atoms with Crippen molar-refractivity contribution in [2.45, 2.75) is 38.6 Å². The molecule has 2 amide bonds. The van der Waals surface area contributed by atoms with Gasteiger partial charge in [-0.3, -0.25) is 9.59 Å². The third kappa shape index (κ3) is 5.14. The van der Waals surface area contributed by atoms with E-state index in [0.717, 1.165) is 5.56 Å². The van der Waals surface area contributed by atoms with E-state index in [1.807, 2.05) is 12.1 Å². The highest BCUT2D eigenvalue weighted by molar-refractivity contribution is 5.97. The van der Waals surface area contributed by atoms with Gasteiger partial charge in [-0.2, -0.15) is 0 Å². The first-order valence-electron chi connectivity index (χ1n) is 8.12. The molecule has 2 rings (SSSR count). The minimum atomic E-state index is -0.861. The van der Waals surface area contributed by atoms with Crippen LogP contribution in [0.2, 0.25) is 0 Å². The molecule has 5 heteroatoms. The molecule has 0 unspecified atom stereocenters. The Morgan fingerprint density at radius 3 is 2.08 bits per heavy atom. The van der Waals surface area contributed by atoms with Gasteiger partial charge in [0.2, 0.25) is 5.91 Å². The van der Waals surface area contributed by atoms with Crippen molar-refractivity contribution in [3.8, 4) is 0 Å². The lowest BCUT2D eigenvalue weighted by Crippen LogP contribution is -2.45. The predicted molar refractivity (Wildman–Crippen MR) is 95.7 cm³/mol. The first-order chi connectivity index (χ1) is 11.7. The summed E-state index contributed by atoms with van der Waals surface area (Å²) in [5.41, 5.74) is 7.67. The van der Waals surface area contributed by atoms with E-state index in [1.54, 1.807) is 24.3 Å². The quantitative estimate of drug-likeness (QED) is 0.877. The fourth-order valence-corrected chi connectivity index (χ4v) is 2.44. The van der Waals surface area contributed by atoms with Gasteiger partial charge in [0.05, 0.1) is 0 Å². The number of halogens is 1. The van der Waals surface area contributed by atoms with Crippen molar-refractivity contribution in [1.29, 1.82) is 0 Å². The summed E-state index contributed by atoms with van der Waals surface area (Å²) < 4.78 is 13.0. The molecule has 1 atom stereocenters. The normalized spacial score (nSPS) is 12.5. The first kappa shape index (κ1) is 18.6. The van der Waals surface area contributed by atoms with Crippen molar-refractivity contribution in [3.63, 3.8) is 0 Å². The number of hydrogen-bond acceptors (Lipinski definition) is 2. The topological polar surface area (TPSA) is 72.2 Å². The molecule has 0 bridgehead atoms. The third-order valence-electron chi connectivity index (χ3n) is 4.01. The minimum absolute atomic E-state index is 0.00660. The van der Waals surface area contributed by atoms with Gasteiger partial charge in [-0.15, -0.1) is 0 Å². The molecular weight excluding hydrogens is 319 g/mol. The minimum Gasteiger partial charge on any atom is -0.368 e. The van der Waals surface area contributed by atoms with Gasteiger partial charge in [-0.25, -0.2) is 4.39 Å². The Kier molecular flexibility index (Phi) is 5.57. The van der Waals surface area contributed by atoms with E-state index in [4.69, 9.17) is 5.73 Å². The van der Waals surface area contributed by atoms with Crippen molar-refractivity contribution in [2.24, 2.45) is 5.73 Å². The van der Waals surface area contributed by atoms with Crippen LogP contribution >= 0.6 is 0 Å². The van der Waals surface area contributed by atoms with Crippen molar-refractivity contribution in [3.05, 3.63) is 71.0 Å². The van der Waals surface area contributed by atoms with Crippen LogP contribution in [0.3, 0.4) is 0 Å². The van der Waals surface area contributed by atoms with Crippen molar-refractivity contribution in [2.75, 3.05) is 0 Å². The molecule has 0 fully saturated rings. The number of primary amides is 1. The smallest absolute Gasteiger partial charge is 0.251 e. The van der Waals surface area contributed by atoms with E-state index in [0.29, 0.717) is 11.1 Å². The number of amides is 2. The zero-order chi connectivity index (χ0) is 18.6. The number of hydrogen-bond donors (Lipinski definition) is 2. The van der Waals surface area contributed by atoms with E-state index in [1.165, 1.54) is 12.1 Å². The molecule has 0 aliphatic carbocycles. The average Bonchev–Trinajstić information content (AvgIpc) is 2.55. The van der Waals surface area contributed by atoms with Gasteiger partial charge in [0, 0.05) is 12.0 Å². The second-order valence-electron chi connectivity index (χ2n) is 7.09. The highest BCUT2D eigenvalue weighted by Gasteiger charge is 2.20. The summed E-state index contributed by atoms with van der Waals surface area (Å²) >= 11 is 0. The van der Waals surface area contributed by atoms with E-state index < -0.39 is 11.9 Å². The van der Waals surface area contributed by atoms with Crippen LogP contribution in [-0.4, -0.2) is 17.9 Å². The number of nitrogens with two attached hydrogens (primary N) is 1. The van der Waals surface area contributed by atoms with Crippen LogP contribution < -0.4 is 11.1 Å². The van der Waals surface area contributed by atoms with Crippen LogP contribution in [0.4, 0.5) is 4.39 Å². The van der Waals surface area contributed by atoms with Crippen molar-refractivity contribution in [1.82, 2.24) is 5.32 Å². The van der Waals surface area contributed by atoms with E-state index in [2.05, 4.69) is 26.1 Å². The molecule has 0 radical (unpaired) electrons. The summed E-state index contributed by atoms with van der Waals surface area (Å²) in [6, 6.07) is 12.1. The van der Waals surface area contributed by atoms with Crippen LogP contribution in [0.25, 0.3) is 0 Å². The molecule has 0 saturated heterocycles. The van der Waals surface area contributed by atoms with Gasteiger partial charge >= 0.3 is 0 Å². The maximum absolute atomic E-state index is 13.0. The molecule has 4 nitrogen and oxygen atoms in total. The van der Waals surface area contributed by atoms with Gasteiger partial charge in [0.1, 0.15) is 11.9 Å². The average molecular weight is 342 g/mol. The Hall–Kier alpha value is -2.69. The van der Waals surface area contributed by atoms with Crippen molar-refractivity contribution >= 4 is 11.8 Å². The van der Waals surface area contributed by atoms with Gasteiger partial charge in [0.25, 0.3) is 5.91 Å². The summed E-state index contributed by atoms with van der Waals surface area (Å²) in [5.74, 6) is -1.36. The predicted octanol–water partition coefficient (Wildman–Crippen LogP) is 2.95. The number of carbonyl (C=O) groups excluding carboxylic acids is 2. The Labute approximate surface area is 147 Å². The summed E-state index contributed by atoms with van der Waals surface area (Å²) in [5, 5.41) is 2.65. The van der Waals surface area contributed by atoms with Crippen molar-refractivity contribution < 1.29 is 14.0 Å². The molecule has 0 aliphatic heterocycles. The Balaban J connectivity index is 2.09. The van der Waals surface area contributed by atoms with Crippen LogP contribution in [0.5, 0.6) is 0 Å². The zero-order valence-corrected chi connectivity index (χ0v) is 14.7. The second kappa shape index (κ2) is 7.47. The maximum Gasteiger partial charge on any atom is 0.251 e. The molecule has 0 aliphatic rings. The zero-order valence-electron chi connectivity index (χ0n) is 14.7. The number of nitrogens with one attached hydrogen (secondary N) is 1. The molecule has 2 aromatic carbocycles. The van der Waals surface area contributed by atoms with E-state index in [9.17, 15) is 14.0 Å². The Morgan fingerprint density at radius 1 is 1.04 bits per heavy atom. The molecule has 25 heavy (non-hydrogen) atoms. The lowest BCUT2D eigenvalue weighted by Gasteiger charge is -2.19. The first-order valence-corrected chi connectivity index (χ1v) is 8.12. The molecule has 0 heterocycles. The summed E-state index contributed by atoms with van der Waals surface area (Å²) in [6.45, 7) is 6.27. The molecular formula is C20H23FN2O2. The summed E-state index contributed by atoms with van der Waals surface area (Å²) in [4.78, 5) is 24.0. The van der Waals surface area contributed by atoms with Gasteiger partial charge in [0.15, 0.2) is 0 Å². The molecule has 0 aromatic heterocycles. The van der Waals surface area contributed by atoms with Gasteiger partial charge in [-0.05, 0) is 40.8 Å². The summed E-state index contributed by atoms with van der Waals surface area (Å²) in [7, 11) is 0. The van der Waals surface area contributed by atoms with Crippen LogP contribution in [0.1, 0.15) is 42.3 Å². The number of rotatable bonds is 5. The van der Waals surface area contributed by atoms with Crippen LogP contribution in [0, 0.1) is 5.82 Å². The van der Waals surface area contributed by atoms with Gasteiger partial charge in [-0.1, -0.05) is 45.0 Å². The van der Waals surface area contributed by atoms with Crippen LogP contribution in [0.15, 0.2) is 48.5 Å². The Bertz CT molecular complexity index is 747. The van der Waals surface area contributed by atoms with Crippen LogP contribution in [-0.2, 0) is 16.6 Å². The van der Waals surface area contributed by atoms with E-state index >= 15 is 0 Å². The molecule has 0 spiro atoms.